The average molecular weight is 199 g/mol. The zero-order valence-corrected chi connectivity index (χ0v) is 9.58. The molecule has 4 nitrogen and oxygen atoms in total. The van der Waals surface area contributed by atoms with Gasteiger partial charge < -0.3 is 10.2 Å². The monoisotopic (exact) mass is 199 g/mol. The Balaban J connectivity index is 2.55. The summed E-state index contributed by atoms with van der Waals surface area (Å²) in [6, 6.07) is 0.449. The molecule has 82 valence electrons. The molecule has 0 saturated carbocycles. The SMILES string of the molecule is CNC(=O)C(C)N1CCN(C)C[C@@H]1C. The molecule has 1 heterocycles. The van der Waals surface area contributed by atoms with Crippen LogP contribution in [-0.2, 0) is 4.79 Å². The number of carbonyl (C=O) groups is 1. The van der Waals surface area contributed by atoms with Crippen LogP contribution in [0.5, 0.6) is 0 Å². The van der Waals surface area contributed by atoms with Crippen molar-refractivity contribution in [3.05, 3.63) is 0 Å². The van der Waals surface area contributed by atoms with Crippen LogP contribution in [0.15, 0.2) is 0 Å². The summed E-state index contributed by atoms with van der Waals surface area (Å²) in [6.45, 7) is 7.22. The predicted molar refractivity (Wildman–Crippen MR) is 57.2 cm³/mol. The van der Waals surface area contributed by atoms with Gasteiger partial charge >= 0.3 is 0 Å². The Labute approximate surface area is 86.2 Å². The van der Waals surface area contributed by atoms with E-state index in [4.69, 9.17) is 0 Å². The lowest BCUT2D eigenvalue weighted by atomic mass is 10.1. The highest BCUT2D eigenvalue weighted by atomic mass is 16.2. The van der Waals surface area contributed by atoms with E-state index in [1.165, 1.54) is 0 Å². The summed E-state index contributed by atoms with van der Waals surface area (Å²) in [5, 5.41) is 2.70. The molecule has 0 bridgehead atoms. The van der Waals surface area contributed by atoms with Crippen LogP contribution in [0.25, 0.3) is 0 Å². The number of piperazine rings is 1. The molecule has 0 aromatic heterocycles. The van der Waals surface area contributed by atoms with Crippen LogP contribution in [0.3, 0.4) is 0 Å². The Morgan fingerprint density at radius 3 is 2.64 bits per heavy atom. The first-order valence-corrected chi connectivity index (χ1v) is 5.22. The zero-order chi connectivity index (χ0) is 10.7. The van der Waals surface area contributed by atoms with Gasteiger partial charge in [0.15, 0.2) is 0 Å². The van der Waals surface area contributed by atoms with Crippen molar-refractivity contribution in [1.29, 1.82) is 0 Å². The molecular formula is C10H21N3O. The van der Waals surface area contributed by atoms with Crippen LogP contribution >= 0.6 is 0 Å². The van der Waals surface area contributed by atoms with Gasteiger partial charge in [-0.15, -0.1) is 0 Å². The van der Waals surface area contributed by atoms with Crippen molar-refractivity contribution in [2.75, 3.05) is 33.7 Å². The van der Waals surface area contributed by atoms with Crippen LogP contribution < -0.4 is 5.32 Å². The van der Waals surface area contributed by atoms with Crippen LogP contribution in [0, 0.1) is 0 Å². The molecule has 1 amide bonds. The topological polar surface area (TPSA) is 35.6 Å². The summed E-state index contributed by atoms with van der Waals surface area (Å²) in [5.74, 6) is 0.112. The smallest absolute Gasteiger partial charge is 0.236 e. The van der Waals surface area contributed by atoms with Crippen molar-refractivity contribution in [2.24, 2.45) is 0 Å². The number of rotatable bonds is 2. The van der Waals surface area contributed by atoms with E-state index >= 15 is 0 Å². The Hall–Kier alpha value is -0.610. The third-order valence-electron chi connectivity index (χ3n) is 3.01. The normalized spacial score (nSPS) is 27.3. The molecule has 1 fully saturated rings. The van der Waals surface area contributed by atoms with Crippen molar-refractivity contribution in [2.45, 2.75) is 25.9 Å². The van der Waals surface area contributed by atoms with E-state index in [2.05, 4.69) is 29.1 Å². The van der Waals surface area contributed by atoms with Crippen molar-refractivity contribution in [1.82, 2.24) is 15.1 Å². The van der Waals surface area contributed by atoms with Gasteiger partial charge in [-0.05, 0) is 20.9 Å². The van der Waals surface area contributed by atoms with E-state index in [1.807, 2.05) is 6.92 Å². The molecule has 1 unspecified atom stereocenters. The van der Waals surface area contributed by atoms with Gasteiger partial charge in [-0.25, -0.2) is 0 Å². The van der Waals surface area contributed by atoms with E-state index in [9.17, 15) is 4.79 Å². The minimum atomic E-state index is -0.0105. The van der Waals surface area contributed by atoms with Gasteiger partial charge in [-0.2, -0.15) is 0 Å². The van der Waals surface area contributed by atoms with Gasteiger partial charge in [0.05, 0.1) is 6.04 Å². The Morgan fingerprint density at radius 2 is 2.14 bits per heavy atom. The maximum atomic E-state index is 11.5. The number of nitrogens with zero attached hydrogens (tertiary/aromatic N) is 2. The van der Waals surface area contributed by atoms with Crippen molar-refractivity contribution >= 4 is 5.91 Å². The van der Waals surface area contributed by atoms with Gasteiger partial charge in [0.25, 0.3) is 0 Å². The van der Waals surface area contributed by atoms with Gasteiger partial charge in [-0.3, -0.25) is 9.69 Å². The van der Waals surface area contributed by atoms with Gasteiger partial charge in [0.1, 0.15) is 0 Å². The first-order valence-electron chi connectivity index (χ1n) is 5.22. The molecule has 0 aromatic carbocycles. The Bertz CT molecular complexity index is 208. The van der Waals surface area contributed by atoms with E-state index in [1.54, 1.807) is 7.05 Å². The Morgan fingerprint density at radius 1 is 1.50 bits per heavy atom. The third-order valence-corrected chi connectivity index (χ3v) is 3.01. The second kappa shape index (κ2) is 4.75. The van der Waals surface area contributed by atoms with Crippen molar-refractivity contribution in [3.8, 4) is 0 Å². The molecular weight excluding hydrogens is 178 g/mol. The maximum absolute atomic E-state index is 11.5. The van der Waals surface area contributed by atoms with E-state index in [0.717, 1.165) is 19.6 Å². The number of nitrogens with one attached hydrogen (secondary N) is 1. The predicted octanol–water partition coefficient (Wildman–Crippen LogP) is -0.243. The molecule has 0 aliphatic carbocycles. The number of hydrogen-bond donors (Lipinski definition) is 1. The van der Waals surface area contributed by atoms with Crippen molar-refractivity contribution < 1.29 is 4.79 Å². The van der Waals surface area contributed by atoms with Gasteiger partial charge in [-0.1, -0.05) is 0 Å². The molecule has 1 rings (SSSR count). The fourth-order valence-electron chi connectivity index (χ4n) is 2.09. The first kappa shape index (κ1) is 11.5. The second-order valence-corrected chi connectivity index (χ2v) is 4.14. The molecule has 0 radical (unpaired) electrons. The summed E-state index contributed by atoms with van der Waals surface area (Å²) in [5.41, 5.74) is 0. The largest absolute Gasteiger partial charge is 0.358 e. The lowest BCUT2D eigenvalue weighted by Gasteiger charge is -2.40. The Kier molecular flexibility index (Phi) is 3.89. The van der Waals surface area contributed by atoms with Crippen LogP contribution in [-0.4, -0.2) is 61.5 Å². The highest BCUT2D eigenvalue weighted by Crippen LogP contribution is 2.11. The van der Waals surface area contributed by atoms with Crippen LogP contribution in [0.4, 0.5) is 0 Å². The molecule has 1 N–H and O–H groups in total. The molecule has 1 saturated heterocycles. The summed E-state index contributed by atoms with van der Waals surface area (Å²) in [6.07, 6.45) is 0. The first-order chi connectivity index (χ1) is 6.56. The van der Waals surface area contributed by atoms with E-state index in [0.29, 0.717) is 6.04 Å². The third kappa shape index (κ3) is 2.45. The molecule has 14 heavy (non-hydrogen) atoms. The highest BCUT2D eigenvalue weighted by molar-refractivity contribution is 5.81. The molecule has 0 aromatic rings. The molecule has 1 aliphatic heterocycles. The quantitative estimate of drug-likeness (QED) is 0.666. The number of hydrogen-bond acceptors (Lipinski definition) is 3. The molecule has 4 heteroatoms. The van der Waals surface area contributed by atoms with Gasteiger partial charge in [0.2, 0.25) is 5.91 Å². The summed E-state index contributed by atoms with van der Waals surface area (Å²) in [7, 11) is 3.82. The number of amides is 1. The number of carbonyl (C=O) groups excluding carboxylic acids is 1. The maximum Gasteiger partial charge on any atom is 0.236 e. The van der Waals surface area contributed by atoms with Gasteiger partial charge in [0, 0.05) is 32.7 Å². The highest BCUT2D eigenvalue weighted by Gasteiger charge is 2.28. The summed E-state index contributed by atoms with van der Waals surface area (Å²) >= 11 is 0. The minimum absolute atomic E-state index is 0.0105. The fraction of sp³-hybridized carbons (Fsp3) is 0.900. The van der Waals surface area contributed by atoms with E-state index in [-0.39, 0.29) is 11.9 Å². The minimum Gasteiger partial charge on any atom is -0.358 e. The van der Waals surface area contributed by atoms with Crippen molar-refractivity contribution in [3.63, 3.8) is 0 Å². The second-order valence-electron chi connectivity index (χ2n) is 4.14. The lowest BCUT2D eigenvalue weighted by Crippen LogP contribution is -2.57. The van der Waals surface area contributed by atoms with Crippen LogP contribution in [0.2, 0.25) is 0 Å². The number of likely N-dealkylation sites (N-methyl/N-ethyl adjacent to an activating group) is 2. The summed E-state index contributed by atoms with van der Waals surface area (Å²) < 4.78 is 0. The molecule has 0 spiro atoms. The fourth-order valence-corrected chi connectivity index (χ4v) is 2.09. The summed E-state index contributed by atoms with van der Waals surface area (Å²) in [4.78, 5) is 16.0. The standard InChI is InChI=1S/C10H21N3O/c1-8-7-12(4)5-6-13(8)9(2)10(14)11-3/h8-9H,5-7H2,1-4H3,(H,11,14)/t8-,9?/m0/s1. The lowest BCUT2D eigenvalue weighted by molar-refractivity contribution is -0.127. The average Bonchev–Trinajstić information content (AvgIpc) is 2.15. The van der Waals surface area contributed by atoms with Crippen LogP contribution in [0.1, 0.15) is 13.8 Å². The molecule has 1 aliphatic rings. The van der Waals surface area contributed by atoms with E-state index < -0.39 is 0 Å². The molecule has 2 atom stereocenters. The zero-order valence-electron chi connectivity index (χ0n) is 9.58.